The third-order valence-electron chi connectivity index (χ3n) is 3.32. The highest BCUT2D eigenvalue weighted by Crippen LogP contribution is 2.37. The number of benzene rings is 1. The molecule has 1 N–H and O–H groups in total. The fourth-order valence-electron chi connectivity index (χ4n) is 2.23. The summed E-state index contributed by atoms with van der Waals surface area (Å²) in [5.41, 5.74) is 2.42. The van der Waals surface area contributed by atoms with Crippen LogP contribution in [0.1, 0.15) is 30.9 Å². The van der Waals surface area contributed by atoms with E-state index in [1.54, 1.807) is 0 Å². The molecule has 1 aromatic carbocycles. The Morgan fingerprint density at radius 1 is 1.47 bits per heavy atom. The minimum Gasteiger partial charge on any atom is -0.311 e. The third kappa shape index (κ3) is 3.64. The second kappa shape index (κ2) is 5.64. The molecule has 1 aliphatic heterocycles. The second-order valence-electron chi connectivity index (χ2n) is 5.10. The molecule has 0 amide bonds. The Labute approximate surface area is 113 Å². The van der Waals surface area contributed by atoms with Crippen LogP contribution >= 0.6 is 23.4 Å². The number of aryl methyl sites for hydroxylation is 1. The maximum absolute atomic E-state index is 6.21. The summed E-state index contributed by atoms with van der Waals surface area (Å²) in [4.78, 5) is 0. The standard InChI is InChI=1S/C14H20ClNS/c1-11-4-5-12(13(15)8-11)9-16-10-14(2)6-3-7-17-14/h4-5,8,16H,3,6-7,9-10H2,1-2H3. The lowest BCUT2D eigenvalue weighted by atomic mass is 10.1. The fourth-order valence-corrected chi connectivity index (χ4v) is 3.81. The summed E-state index contributed by atoms with van der Waals surface area (Å²) < 4.78 is 0.428. The first kappa shape index (κ1) is 13.3. The van der Waals surface area contributed by atoms with Gasteiger partial charge in [-0.2, -0.15) is 11.8 Å². The minimum atomic E-state index is 0.428. The van der Waals surface area contributed by atoms with E-state index in [-0.39, 0.29) is 0 Å². The molecule has 1 aliphatic rings. The lowest BCUT2D eigenvalue weighted by Crippen LogP contribution is -2.32. The highest BCUT2D eigenvalue weighted by Gasteiger charge is 2.28. The van der Waals surface area contributed by atoms with Gasteiger partial charge in [-0.3, -0.25) is 0 Å². The van der Waals surface area contributed by atoms with E-state index < -0.39 is 0 Å². The maximum Gasteiger partial charge on any atom is 0.0453 e. The van der Waals surface area contributed by atoms with Crippen LogP contribution in [0.3, 0.4) is 0 Å². The first-order valence-corrected chi connectivity index (χ1v) is 7.55. The van der Waals surface area contributed by atoms with Crippen molar-refractivity contribution in [1.82, 2.24) is 5.32 Å². The SMILES string of the molecule is Cc1ccc(CNCC2(C)CCCS2)c(Cl)c1. The van der Waals surface area contributed by atoms with Gasteiger partial charge < -0.3 is 5.32 Å². The van der Waals surface area contributed by atoms with Gasteiger partial charge in [0.05, 0.1) is 0 Å². The van der Waals surface area contributed by atoms with Crippen LogP contribution in [0.4, 0.5) is 0 Å². The molecular weight excluding hydrogens is 250 g/mol. The maximum atomic E-state index is 6.21. The summed E-state index contributed by atoms with van der Waals surface area (Å²) in [6.45, 7) is 6.37. The van der Waals surface area contributed by atoms with E-state index in [4.69, 9.17) is 11.6 Å². The number of thioether (sulfide) groups is 1. The van der Waals surface area contributed by atoms with Crippen LogP contribution < -0.4 is 5.32 Å². The van der Waals surface area contributed by atoms with Crippen LogP contribution in [-0.4, -0.2) is 17.0 Å². The van der Waals surface area contributed by atoms with Crippen LogP contribution in [0.15, 0.2) is 18.2 Å². The van der Waals surface area contributed by atoms with Crippen molar-refractivity contribution >= 4 is 23.4 Å². The molecule has 1 aromatic rings. The molecule has 3 heteroatoms. The average molecular weight is 270 g/mol. The number of rotatable bonds is 4. The van der Waals surface area contributed by atoms with Crippen LogP contribution in [0, 0.1) is 6.92 Å². The van der Waals surface area contributed by atoms with Crippen LogP contribution in [0.2, 0.25) is 5.02 Å². The first-order chi connectivity index (χ1) is 8.09. The van der Waals surface area contributed by atoms with Gasteiger partial charge >= 0.3 is 0 Å². The van der Waals surface area contributed by atoms with Crippen molar-refractivity contribution in [3.05, 3.63) is 34.3 Å². The molecule has 1 saturated heterocycles. The van der Waals surface area contributed by atoms with Gasteiger partial charge in [-0.15, -0.1) is 0 Å². The molecular formula is C14H20ClNS. The van der Waals surface area contributed by atoms with Crippen molar-refractivity contribution in [2.75, 3.05) is 12.3 Å². The van der Waals surface area contributed by atoms with Gasteiger partial charge in [-0.1, -0.05) is 23.7 Å². The summed E-state index contributed by atoms with van der Waals surface area (Å²) in [7, 11) is 0. The van der Waals surface area contributed by atoms with E-state index in [1.165, 1.54) is 29.7 Å². The summed E-state index contributed by atoms with van der Waals surface area (Å²) in [5.74, 6) is 1.31. The van der Waals surface area contributed by atoms with Crippen molar-refractivity contribution < 1.29 is 0 Å². The molecule has 0 aromatic heterocycles. The van der Waals surface area contributed by atoms with Gasteiger partial charge in [0.2, 0.25) is 0 Å². The smallest absolute Gasteiger partial charge is 0.0453 e. The van der Waals surface area contributed by atoms with Gasteiger partial charge in [0, 0.05) is 22.9 Å². The van der Waals surface area contributed by atoms with E-state index in [0.717, 1.165) is 18.1 Å². The Balaban J connectivity index is 1.85. The molecule has 17 heavy (non-hydrogen) atoms. The summed E-state index contributed by atoms with van der Waals surface area (Å²) >= 11 is 8.31. The van der Waals surface area contributed by atoms with Crippen molar-refractivity contribution in [1.29, 1.82) is 0 Å². The molecule has 0 aliphatic carbocycles. The van der Waals surface area contributed by atoms with E-state index >= 15 is 0 Å². The van der Waals surface area contributed by atoms with E-state index in [0.29, 0.717) is 4.75 Å². The third-order valence-corrected chi connectivity index (χ3v) is 5.21. The van der Waals surface area contributed by atoms with Crippen LogP contribution in [0.5, 0.6) is 0 Å². The molecule has 94 valence electrons. The molecule has 0 bridgehead atoms. The Hall–Kier alpha value is -0.180. The Morgan fingerprint density at radius 2 is 2.29 bits per heavy atom. The van der Waals surface area contributed by atoms with Gasteiger partial charge in [0.15, 0.2) is 0 Å². The summed E-state index contributed by atoms with van der Waals surface area (Å²) in [5, 5.41) is 4.42. The van der Waals surface area contributed by atoms with Gasteiger partial charge in [-0.05, 0) is 49.6 Å². The predicted molar refractivity (Wildman–Crippen MR) is 78.0 cm³/mol. The normalized spacial score (nSPS) is 24.2. The Kier molecular flexibility index (Phi) is 4.40. The number of nitrogens with one attached hydrogen (secondary N) is 1. The fraction of sp³-hybridized carbons (Fsp3) is 0.571. The number of hydrogen-bond acceptors (Lipinski definition) is 2. The second-order valence-corrected chi connectivity index (χ2v) is 7.19. The highest BCUT2D eigenvalue weighted by atomic mass is 35.5. The van der Waals surface area contributed by atoms with Crippen molar-refractivity contribution in [3.63, 3.8) is 0 Å². The van der Waals surface area contributed by atoms with Crippen LogP contribution in [-0.2, 0) is 6.54 Å². The number of halogens is 1. The zero-order valence-corrected chi connectivity index (χ0v) is 12.1. The topological polar surface area (TPSA) is 12.0 Å². The van der Waals surface area contributed by atoms with E-state index in [2.05, 4.69) is 43.1 Å². The lowest BCUT2D eigenvalue weighted by molar-refractivity contribution is 0.537. The highest BCUT2D eigenvalue weighted by molar-refractivity contribution is 8.00. The summed E-state index contributed by atoms with van der Waals surface area (Å²) in [6.07, 6.45) is 2.68. The average Bonchev–Trinajstić information content (AvgIpc) is 2.69. The minimum absolute atomic E-state index is 0.428. The quantitative estimate of drug-likeness (QED) is 0.886. The molecule has 1 fully saturated rings. The molecule has 2 rings (SSSR count). The molecule has 1 atom stereocenters. The lowest BCUT2D eigenvalue weighted by Gasteiger charge is -2.23. The molecule has 1 unspecified atom stereocenters. The first-order valence-electron chi connectivity index (χ1n) is 6.19. The molecule has 1 nitrogen and oxygen atoms in total. The van der Waals surface area contributed by atoms with Gasteiger partial charge in [-0.25, -0.2) is 0 Å². The molecule has 0 radical (unpaired) electrons. The van der Waals surface area contributed by atoms with E-state index in [1.807, 2.05) is 6.07 Å². The molecule has 0 spiro atoms. The monoisotopic (exact) mass is 269 g/mol. The number of hydrogen-bond donors (Lipinski definition) is 1. The van der Waals surface area contributed by atoms with Gasteiger partial charge in [0.1, 0.15) is 0 Å². The zero-order valence-electron chi connectivity index (χ0n) is 10.6. The Bertz CT molecular complexity index is 386. The molecule has 1 heterocycles. The van der Waals surface area contributed by atoms with Crippen molar-refractivity contribution in [2.45, 2.75) is 38.0 Å². The van der Waals surface area contributed by atoms with Crippen molar-refractivity contribution in [3.8, 4) is 0 Å². The predicted octanol–water partition coefficient (Wildman–Crippen LogP) is 4.02. The largest absolute Gasteiger partial charge is 0.311 e. The van der Waals surface area contributed by atoms with Gasteiger partial charge in [0.25, 0.3) is 0 Å². The van der Waals surface area contributed by atoms with Crippen molar-refractivity contribution in [2.24, 2.45) is 0 Å². The molecule has 0 saturated carbocycles. The van der Waals surface area contributed by atoms with E-state index in [9.17, 15) is 0 Å². The zero-order chi connectivity index (χ0) is 12.3. The van der Waals surface area contributed by atoms with Crippen LogP contribution in [0.25, 0.3) is 0 Å². The summed E-state index contributed by atoms with van der Waals surface area (Å²) in [6, 6.07) is 6.27. The Morgan fingerprint density at radius 3 is 2.94 bits per heavy atom.